The molecule has 0 aromatic carbocycles. The Kier molecular flexibility index (Phi) is 5.07. The Morgan fingerprint density at radius 1 is 1.17 bits per heavy atom. The van der Waals surface area contributed by atoms with E-state index < -0.39 is 12.7 Å². The van der Waals surface area contributed by atoms with Crippen molar-refractivity contribution in [1.29, 1.82) is 0 Å². The fraction of sp³-hybridized carbons (Fsp3) is 0.800. The monoisotopic (exact) mass is 345 g/mol. The zero-order valence-electron chi connectivity index (χ0n) is 13.5. The lowest BCUT2D eigenvalue weighted by molar-refractivity contribution is -0.155. The molecule has 9 heteroatoms. The highest BCUT2D eigenvalue weighted by atomic mass is 19.4. The van der Waals surface area contributed by atoms with E-state index in [-0.39, 0.29) is 24.4 Å². The number of likely N-dealkylation sites (tertiary alicyclic amines) is 2. The Labute approximate surface area is 138 Å². The molecule has 0 N–H and O–H groups in total. The molecule has 0 bridgehead atoms. The highest BCUT2D eigenvalue weighted by Gasteiger charge is 2.36. The highest BCUT2D eigenvalue weighted by Crippen LogP contribution is 2.26. The number of aromatic nitrogens is 3. The Morgan fingerprint density at radius 2 is 1.92 bits per heavy atom. The van der Waals surface area contributed by atoms with Gasteiger partial charge in [-0.25, -0.2) is 4.68 Å². The van der Waals surface area contributed by atoms with Crippen LogP contribution in [0.15, 0.2) is 12.4 Å². The van der Waals surface area contributed by atoms with Crippen molar-refractivity contribution in [3.05, 3.63) is 12.4 Å². The Bertz CT molecular complexity index is 540. The summed E-state index contributed by atoms with van der Waals surface area (Å²) in [5.41, 5.74) is 0. The van der Waals surface area contributed by atoms with Crippen LogP contribution in [0.1, 0.15) is 31.7 Å². The van der Waals surface area contributed by atoms with Gasteiger partial charge in [0.15, 0.2) is 0 Å². The van der Waals surface area contributed by atoms with E-state index in [1.165, 1.54) is 4.90 Å². The van der Waals surface area contributed by atoms with Crippen molar-refractivity contribution in [1.82, 2.24) is 24.8 Å². The predicted octanol–water partition coefficient (Wildman–Crippen LogP) is 1.72. The topological polar surface area (TPSA) is 54.3 Å². The van der Waals surface area contributed by atoms with Gasteiger partial charge in [0.2, 0.25) is 5.91 Å². The lowest BCUT2D eigenvalue weighted by Crippen LogP contribution is -2.49. The normalized spacial score (nSPS) is 24.3. The first-order valence-electron chi connectivity index (χ1n) is 8.36. The molecule has 1 atom stereocenters. The van der Waals surface area contributed by atoms with Crippen LogP contribution < -0.4 is 0 Å². The molecule has 2 saturated heterocycles. The molecule has 0 radical (unpaired) electrons. The number of hydrogen-bond donors (Lipinski definition) is 0. The zero-order chi connectivity index (χ0) is 17.2. The van der Waals surface area contributed by atoms with E-state index in [1.807, 2.05) is 10.9 Å². The molecule has 2 aliphatic heterocycles. The van der Waals surface area contributed by atoms with Crippen LogP contribution in [0, 0.1) is 5.92 Å². The molecular weight excluding hydrogens is 323 g/mol. The van der Waals surface area contributed by atoms with Gasteiger partial charge in [-0.05, 0) is 32.2 Å². The molecule has 3 heterocycles. The SMILES string of the molecule is O=C(C1CCCN(CC(F)(F)F)C1)N1CCC(n2ccnn2)CC1. The second-order valence-electron chi connectivity index (χ2n) is 6.63. The first kappa shape index (κ1) is 17.2. The van der Waals surface area contributed by atoms with Crippen LogP contribution in [0.3, 0.4) is 0 Å². The van der Waals surface area contributed by atoms with Gasteiger partial charge in [0.25, 0.3) is 0 Å². The van der Waals surface area contributed by atoms with Crippen LogP contribution >= 0.6 is 0 Å². The minimum absolute atomic E-state index is 0.00100. The van der Waals surface area contributed by atoms with E-state index in [1.54, 1.807) is 11.1 Å². The summed E-state index contributed by atoms with van der Waals surface area (Å²) in [4.78, 5) is 15.8. The maximum absolute atomic E-state index is 12.6. The van der Waals surface area contributed by atoms with Gasteiger partial charge in [-0.3, -0.25) is 9.69 Å². The van der Waals surface area contributed by atoms with Gasteiger partial charge in [-0.1, -0.05) is 5.21 Å². The molecule has 2 fully saturated rings. The summed E-state index contributed by atoms with van der Waals surface area (Å²) in [5.74, 6) is -0.317. The third-order valence-corrected chi connectivity index (χ3v) is 4.85. The third kappa shape index (κ3) is 4.25. The second-order valence-corrected chi connectivity index (χ2v) is 6.63. The minimum atomic E-state index is -4.21. The van der Waals surface area contributed by atoms with Gasteiger partial charge >= 0.3 is 6.18 Å². The molecule has 1 unspecified atom stereocenters. The fourth-order valence-corrected chi connectivity index (χ4v) is 3.68. The van der Waals surface area contributed by atoms with Gasteiger partial charge in [0, 0.05) is 25.8 Å². The van der Waals surface area contributed by atoms with Crippen molar-refractivity contribution in [3.63, 3.8) is 0 Å². The zero-order valence-corrected chi connectivity index (χ0v) is 13.5. The van der Waals surface area contributed by atoms with Gasteiger partial charge < -0.3 is 4.90 Å². The summed E-state index contributed by atoms with van der Waals surface area (Å²) >= 11 is 0. The summed E-state index contributed by atoms with van der Waals surface area (Å²) in [5, 5.41) is 7.79. The van der Waals surface area contributed by atoms with Crippen LogP contribution in [-0.2, 0) is 4.79 Å². The Morgan fingerprint density at radius 3 is 2.54 bits per heavy atom. The van der Waals surface area contributed by atoms with Gasteiger partial charge in [-0.15, -0.1) is 5.10 Å². The summed E-state index contributed by atoms with van der Waals surface area (Å²) in [6.45, 7) is 0.947. The highest BCUT2D eigenvalue weighted by molar-refractivity contribution is 5.79. The predicted molar refractivity (Wildman–Crippen MR) is 80.1 cm³/mol. The van der Waals surface area contributed by atoms with E-state index in [9.17, 15) is 18.0 Å². The molecular formula is C15H22F3N5O. The summed E-state index contributed by atoms with van der Waals surface area (Å²) in [7, 11) is 0. The van der Waals surface area contributed by atoms with Crippen LogP contribution in [0.4, 0.5) is 13.2 Å². The minimum Gasteiger partial charge on any atom is -0.342 e. The Hall–Kier alpha value is -1.64. The number of carbonyl (C=O) groups is 1. The maximum Gasteiger partial charge on any atom is 0.401 e. The van der Waals surface area contributed by atoms with Crippen molar-refractivity contribution in [2.45, 2.75) is 37.9 Å². The smallest absolute Gasteiger partial charge is 0.342 e. The summed E-state index contributed by atoms with van der Waals surface area (Å²) in [6, 6.07) is 0.240. The molecule has 0 spiro atoms. The Balaban J connectivity index is 1.51. The number of hydrogen-bond acceptors (Lipinski definition) is 4. The average Bonchev–Trinajstić information content (AvgIpc) is 3.07. The first-order chi connectivity index (χ1) is 11.4. The number of alkyl halides is 3. The van der Waals surface area contributed by atoms with E-state index in [2.05, 4.69) is 10.3 Å². The number of rotatable bonds is 3. The molecule has 0 aliphatic carbocycles. The molecule has 134 valence electrons. The lowest BCUT2D eigenvalue weighted by atomic mass is 9.95. The maximum atomic E-state index is 12.6. The van der Waals surface area contributed by atoms with E-state index >= 15 is 0 Å². The third-order valence-electron chi connectivity index (χ3n) is 4.85. The fourth-order valence-electron chi connectivity index (χ4n) is 3.68. The molecule has 24 heavy (non-hydrogen) atoms. The number of nitrogens with zero attached hydrogens (tertiary/aromatic N) is 5. The molecule has 6 nitrogen and oxygen atoms in total. The van der Waals surface area contributed by atoms with Crippen LogP contribution in [-0.4, -0.2) is 69.6 Å². The largest absolute Gasteiger partial charge is 0.401 e. The van der Waals surface area contributed by atoms with Crippen molar-refractivity contribution in [3.8, 4) is 0 Å². The number of piperidine rings is 2. The van der Waals surface area contributed by atoms with Crippen molar-refractivity contribution >= 4 is 5.91 Å². The van der Waals surface area contributed by atoms with Gasteiger partial charge in [0.1, 0.15) is 0 Å². The standard InChI is InChI=1S/C15H22F3N5O/c16-15(17,18)11-21-6-1-2-12(10-21)14(24)22-7-3-13(4-8-22)23-9-5-19-20-23/h5,9,12-13H,1-4,6-8,10-11H2. The van der Waals surface area contributed by atoms with Gasteiger partial charge in [-0.2, -0.15) is 13.2 Å². The summed E-state index contributed by atoms with van der Waals surface area (Å²) < 4.78 is 39.5. The number of amides is 1. The van der Waals surface area contributed by atoms with Crippen molar-refractivity contribution < 1.29 is 18.0 Å². The van der Waals surface area contributed by atoms with E-state index in [4.69, 9.17) is 0 Å². The number of carbonyl (C=O) groups excluding carboxylic acids is 1. The van der Waals surface area contributed by atoms with Crippen molar-refractivity contribution in [2.24, 2.45) is 5.92 Å². The second kappa shape index (κ2) is 7.08. The van der Waals surface area contributed by atoms with Crippen LogP contribution in [0.2, 0.25) is 0 Å². The molecule has 1 aromatic rings. The molecule has 1 amide bonds. The first-order valence-corrected chi connectivity index (χ1v) is 8.36. The van der Waals surface area contributed by atoms with Gasteiger partial charge in [0.05, 0.1) is 24.7 Å². The molecule has 0 saturated carbocycles. The van der Waals surface area contributed by atoms with Crippen LogP contribution in [0.25, 0.3) is 0 Å². The molecule has 2 aliphatic rings. The van der Waals surface area contributed by atoms with E-state index in [0.717, 1.165) is 12.8 Å². The van der Waals surface area contributed by atoms with E-state index in [0.29, 0.717) is 32.5 Å². The quantitative estimate of drug-likeness (QED) is 0.837. The van der Waals surface area contributed by atoms with Crippen LogP contribution in [0.5, 0.6) is 0 Å². The number of halogens is 3. The van der Waals surface area contributed by atoms with Crippen molar-refractivity contribution in [2.75, 3.05) is 32.7 Å². The molecule has 3 rings (SSSR count). The average molecular weight is 345 g/mol. The summed E-state index contributed by atoms with van der Waals surface area (Å²) in [6.07, 6.45) is 2.16. The molecule has 1 aromatic heterocycles. The lowest BCUT2D eigenvalue weighted by Gasteiger charge is -2.37.